The zero-order valence-corrected chi connectivity index (χ0v) is 14.0. The van der Waals surface area contributed by atoms with E-state index in [1.54, 1.807) is 4.90 Å². The van der Waals surface area contributed by atoms with E-state index in [1.165, 1.54) is 16.9 Å². The van der Waals surface area contributed by atoms with E-state index in [0.717, 1.165) is 25.1 Å². The molecule has 0 bridgehead atoms. The van der Waals surface area contributed by atoms with Crippen LogP contribution in [0.15, 0.2) is 35.7 Å². The zero-order chi connectivity index (χ0) is 16.1. The molecule has 2 amide bonds. The van der Waals surface area contributed by atoms with Crippen LogP contribution in [0.1, 0.15) is 17.7 Å². The van der Waals surface area contributed by atoms with Crippen molar-refractivity contribution in [3.8, 4) is 0 Å². The van der Waals surface area contributed by atoms with Crippen molar-refractivity contribution in [2.75, 3.05) is 25.0 Å². The van der Waals surface area contributed by atoms with Crippen LogP contribution < -0.4 is 5.32 Å². The minimum atomic E-state index is -0.0940. The van der Waals surface area contributed by atoms with E-state index in [9.17, 15) is 4.79 Å². The van der Waals surface area contributed by atoms with Crippen molar-refractivity contribution in [1.82, 2.24) is 9.88 Å². The smallest absolute Gasteiger partial charge is 0.323 e. The number of hydrogen-bond donors (Lipinski definition) is 1. The van der Waals surface area contributed by atoms with Gasteiger partial charge < -0.3 is 9.64 Å². The molecule has 23 heavy (non-hydrogen) atoms. The lowest BCUT2D eigenvalue weighted by Crippen LogP contribution is -2.56. The highest BCUT2D eigenvalue weighted by atomic mass is 32.1. The van der Waals surface area contributed by atoms with Gasteiger partial charge in [-0.3, -0.25) is 5.32 Å². The predicted molar refractivity (Wildman–Crippen MR) is 91.9 cm³/mol. The number of anilines is 1. The van der Waals surface area contributed by atoms with E-state index in [2.05, 4.69) is 34.6 Å². The quantitative estimate of drug-likeness (QED) is 0.826. The Hall–Kier alpha value is -1.92. The summed E-state index contributed by atoms with van der Waals surface area (Å²) in [5.74, 6) is 0. The van der Waals surface area contributed by atoms with Gasteiger partial charge in [0.05, 0.1) is 24.9 Å². The summed E-state index contributed by atoms with van der Waals surface area (Å²) in [6, 6.07) is 10.3. The molecule has 0 radical (unpaired) electrons. The van der Waals surface area contributed by atoms with Gasteiger partial charge in [0.2, 0.25) is 0 Å². The van der Waals surface area contributed by atoms with Gasteiger partial charge in [0, 0.05) is 12.0 Å². The Labute approximate surface area is 140 Å². The van der Waals surface area contributed by atoms with Gasteiger partial charge in [-0.1, -0.05) is 30.3 Å². The molecule has 1 aliphatic rings. The van der Waals surface area contributed by atoms with Crippen molar-refractivity contribution in [2.45, 2.75) is 25.9 Å². The number of aromatic nitrogens is 1. The van der Waals surface area contributed by atoms with E-state index in [-0.39, 0.29) is 12.1 Å². The number of rotatable bonds is 6. The number of nitrogens with one attached hydrogen (secondary N) is 1. The first-order chi connectivity index (χ1) is 11.2. The SMILES string of the molecule is Cc1csc(NC(=O)N2CC(OCCCc3ccccc3)C2)n1. The first-order valence-corrected chi connectivity index (χ1v) is 8.72. The number of urea groups is 1. The van der Waals surface area contributed by atoms with Crippen LogP contribution in [0.2, 0.25) is 0 Å². The molecule has 2 aromatic rings. The molecular weight excluding hydrogens is 310 g/mol. The predicted octanol–water partition coefficient (Wildman–Crippen LogP) is 3.32. The van der Waals surface area contributed by atoms with Gasteiger partial charge in [-0.25, -0.2) is 9.78 Å². The average molecular weight is 331 g/mol. The second-order valence-electron chi connectivity index (χ2n) is 5.71. The summed E-state index contributed by atoms with van der Waals surface area (Å²) in [5, 5.41) is 5.39. The van der Waals surface area contributed by atoms with Gasteiger partial charge in [0.25, 0.3) is 0 Å². The molecule has 1 aliphatic heterocycles. The molecule has 2 heterocycles. The molecule has 6 heteroatoms. The zero-order valence-electron chi connectivity index (χ0n) is 13.2. The molecule has 0 aliphatic carbocycles. The molecule has 0 unspecified atom stereocenters. The fourth-order valence-electron chi connectivity index (χ4n) is 2.46. The standard InChI is InChI=1S/C17H21N3O2S/c1-13-12-23-16(18-13)19-17(21)20-10-15(11-20)22-9-5-8-14-6-3-2-4-7-14/h2-4,6-7,12,15H,5,8-11H2,1H3,(H,18,19,21). The Kier molecular flexibility index (Phi) is 5.25. The molecule has 122 valence electrons. The summed E-state index contributed by atoms with van der Waals surface area (Å²) in [6.45, 7) is 3.96. The fraction of sp³-hybridized carbons (Fsp3) is 0.412. The summed E-state index contributed by atoms with van der Waals surface area (Å²) < 4.78 is 5.80. The van der Waals surface area contributed by atoms with E-state index < -0.39 is 0 Å². The molecule has 1 aromatic heterocycles. The highest BCUT2D eigenvalue weighted by molar-refractivity contribution is 7.13. The van der Waals surface area contributed by atoms with Crippen molar-refractivity contribution >= 4 is 22.5 Å². The maximum Gasteiger partial charge on any atom is 0.323 e. The van der Waals surface area contributed by atoms with Gasteiger partial charge in [0.1, 0.15) is 0 Å². The second kappa shape index (κ2) is 7.57. The Balaban J connectivity index is 1.29. The molecule has 1 saturated heterocycles. The van der Waals surface area contributed by atoms with Gasteiger partial charge >= 0.3 is 6.03 Å². The monoisotopic (exact) mass is 331 g/mol. The molecule has 0 saturated carbocycles. The number of carbonyl (C=O) groups is 1. The van der Waals surface area contributed by atoms with Crippen LogP contribution in [-0.4, -0.2) is 41.7 Å². The molecule has 1 aromatic carbocycles. The molecule has 0 spiro atoms. The molecule has 5 nitrogen and oxygen atoms in total. The molecule has 0 atom stereocenters. The number of amides is 2. The van der Waals surface area contributed by atoms with Crippen molar-refractivity contribution in [2.24, 2.45) is 0 Å². The first kappa shape index (κ1) is 16.0. The van der Waals surface area contributed by atoms with E-state index in [1.807, 2.05) is 18.4 Å². The largest absolute Gasteiger partial charge is 0.375 e. The third-order valence-corrected chi connectivity index (χ3v) is 4.65. The minimum Gasteiger partial charge on any atom is -0.375 e. The van der Waals surface area contributed by atoms with Crippen LogP contribution in [0.4, 0.5) is 9.93 Å². The van der Waals surface area contributed by atoms with Crippen LogP contribution in [0.25, 0.3) is 0 Å². The summed E-state index contributed by atoms with van der Waals surface area (Å²) >= 11 is 1.44. The molecule has 1 fully saturated rings. The fourth-order valence-corrected chi connectivity index (χ4v) is 3.14. The van der Waals surface area contributed by atoms with Crippen molar-refractivity contribution < 1.29 is 9.53 Å². The van der Waals surface area contributed by atoms with Crippen LogP contribution in [0.5, 0.6) is 0 Å². The number of thiazole rings is 1. The summed E-state index contributed by atoms with van der Waals surface area (Å²) in [7, 11) is 0. The average Bonchev–Trinajstić information content (AvgIpc) is 2.91. The lowest BCUT2D eigenvalue weighted by atomic mass is 10.1. The Morgan fingerprint density at radius 1 is 1.39 bits per heavy atom. The highest BCUT2D eigenvalue weighted by Crippen LogP contribution is 2.18. The summed E-state index contributed by atoms with van der Waals surface area (Å²) in [4.78, 5) is 18.0. The number of carbonyl (C=O) groups excluding carboxylic acids is 1. The first-order valence-electron chi connectivity index (χ1n) is 7.84. The lowest BCUT2D eigenvalue weighted by molar-refractivity contribution is -0.0337. The maximum absolute atomic E-state index is 12.0. The van der Waals surface area contributed by atoms with E-state index >= 15 is 0 Å². The Morgan fingerprint density at radius 3 is 2.87 bits per heavy atom. The van der Waals surface area contributed by atoms with E-state index in [0.29, 0.717) is 18.2 Å². The minimum absolute atomic E-state index is 0.0940. The number of aryl methyl sites for hydroxylation is 2. The van der Waals surface area contributed by atoms with Crippen LogP contribution >= 0.6 is 11.3 Å². The van der Waals surface area contributed by atoms with Gasteiger partial charge in [-0.05, 0) is 25.3 Å². The van der Waals surface area contributed by atoms with Gasteiger partial charge in [0.15, 0.2) is 5.13 Å². The third-order valence-electron chi connectivity index (χ3n) is 3.77. The number of nitrogens with zero attached hydrogens (tertiary/aromatic N) is 2. The summed E-state index contributed by atoms with van der Waals surface area (Å²) in [5.41, 5.74) is 2.26. The molecule has 3 rings (SSSR count). The number of ether oxygens (including phenoxy) is 1. The number of benzene rings is 1. The lowest BCUT2D eigenvalue weighted by Gasteiger charge is -2.38. The highest BCUT2D eigenvalue weighted by Gasteiger charge is 2.31. The molecular formula is C17H21N3O2S. The van der Waals surface area contributed by atoms with Crippen LogP contribution in [-0.2, 0) is 11.2 Å². The number of likely N-dealkylation sites (tertiary alicyclic amines) is 1. The van der Waals surface area contributed by atoms with Gasteiger partial charge in [-0.2, -0.15) is 0 Å². The topological polar surface area (TPSA) is 54.5 Å². The van der Waals surface area contributed by atoms with E-state index in [4.69, 9.17) is 4.74 Å². The Bertz CT molecular complexity index is 638. The van der Waals surface area contributed by atoms with Crippen LogP contribution in [0.3, 0.4) is 0 Å². The Morgan fingerprint density at radius 2 is 2.17 bits per heavy atom. The van der Waals surface area contributed by atoms with Crippen molar-refractivity contribution in [3.63, 3.8) is 0 Å². The van der Waals surface area contributed by atoms with Crippen molar-refractivity contribution in [3.05, 3.63) is 47.0 Å². The van der Waals surface area contributed by atoms with Crippen molar-refractivity contribution in [1.29, 1.82) is 0 Å². The summed E-state index contributed by atoms with van der Waals surface area (Å²) in [6.07, 6.45) is 2.20. The number of hydrogen-bond acceptors (Lipinski definition) is 4. The third kappa shape index (κ3) is 4.53. The van der Waals surface area contributed by atoms with Crippen LogP contribution in [0, 0.1) is 6.92 Å². The molecule has 1 N–H and O–H groups in total. The maximum atomic E-state index is 12.0. The van der Waals surface area contributed by atoms with Gasteiger partial charge in [-0.15, -0.1) is 11.3 Å². The normalized spacial score (nSPS) is 14.6. The second-order valence-corrected chi connectivity index (χ2v) is 6.57.